The van der Waals surface area contributed by atoms with Crippen LogP contribution >= 0.6 is 0 Å². The van der Waals surface area contributed by atoms with Crippen molar-refractivity contribution in [1.29, 1.82) is 0 Å². The predicted molar refractivity (Wildman–Crippen MR) is 61.6 cm³/mol. The molecule has 0 saturated heterocycles. The summed E-state index contributed by atoms with van der Waals surface area (Å²) in [5.74, 6) is -0.965. The summed E-state index contributed by atoms with van der Waals surface area (Å²) in [6, 6.07) is -0.803. The lowest BCUT2D eigenvalue weighted by atomic mass is 10.1. The van der Waals surface area contributed by atoms with Gasteiger partial charge in [-0.05, 0) is 6.42 Å². The van der Waals surface area contributed by atoms with Crippen LogP contribution in [0.5, 0.6) is 0 Å². The lowest BCUT2D eigenvalue weighted by Gasteiger charge is -2.13. The number of anilines is 1. The molecule has 0 amide bonds. The zero-order chi connectivity index (χ0) is 13.5. The number of carboxylic acids is 1. The van der Waals surface area contributed by atoms with E-state index < -0.39 is 18.4 Å². The predicted octanol–water partition coefficient (Wildman–Crippen LogP) is 2.47. The average Bonchev–Trinajstić information content (AvgIpc) is 2.34. The third kappa shape index (κ3) is 4.23. The number of halogens is 2. The Balaban J connectivity index is 2.66. The smallest absolute Gasteiger partial charge is 0.326 e. The van der Waals surface area contributed by atoms with Crippen LogP contribution in [0.1, 0.15) is 38.2 Å². The van der Waals surface area contributed by atoms with Gasteiger partial charge in [0.2, 0.25) is 5.95 Å². The molecule has 1 heterocycles. The molecule has 0 fully saturated rings. The number of hydrogen-bond donors (Lipinski definition) is 2. The highest BCUT2D eigenvalue weighted by atomic mass is 19.3. The van der Waals surface area contributed by atoms with Gasteiger partial charge in [0, 0.05) is 12.4 Å². The van der Waals surface area contributed by atoms with E-state index in [1.54, 1.807) is 0 Å². The maximum Gasteiger partial charge on any atom is 0.326 e. The minimum atomic E-state index is -2.63. The summed E-state index contributed by atoms with van der Waals surface area (Å²) in [6.45, 7) is 1.95. The number of unbranched alkanes of at least 4 members (excludes halogenated alkanes) is 1. The van der Waals surface area contributed by atoms with Crippen LogP contribution < -0.4 is 5.32 Å². The molecule has 1 rings (SSSR count). The van der Waals surface area contributed by atoms with E-state index in [4.69, 9.17) is 5.11 Å². The lowest BCUT2D eigenvalue weighted by molar-refractivity contribution is -0.138. The Hall–Kier alpha value is -1.79. The van der Waals surface area contributed by atoms with Crippen molar-refractivity contribution in [1.82, 2.24) is 9.97 Å². The molecule has 1 aromatic heterocycles. The molecule has 0 bridgehead atoms. The number of aliphatic carboxylic acids is 1. The van der Waals surface area contributed by atoms with Crippen LogP contribution in [0.4, 0.5) is 14.7 Å². The van der Waals surface area contributed by atoms with Crippen LogP contribution in [0, 0.1) is 0 Å². The number of nitrogens with one attached hydrogen (secondary N) is 1. The number of hydrogen-bond acceptors (Lipinski definition) is 4. The Bertz CT molecular complexity index is 384. The molecular weight excluding hydrogens is 244 g/mol. The summed E-state index contributed by atoms with van der Waals surface area (Å²) < 4.78 is 24.5. The van der Waals surface area contributed by atoms with Crippen molar-refractivity contribution in [2.24, 2.45) is 0 Å². The molecule has 2 N–H and O–H groups in total. The normalized spacial score (nSPS) is 12.4. The maximum atomic E-state index is 12.3. The number of carbonyl (C=O) groups is 1. The second-order valence-electron chi connectivity index (χ2n) is 3.82. The van der Waals surface area contributed by atoms with Gasteiger partial charge in [0.15, 0.2) is 0 Å². The van der Waals surface area contributed by atoms with Gasteiger partial charge in [0.25, 0.3) is 6.43 Å². The van der Waals surface area contributed by atoms with Gasteiger partial charge >= 0.3 is 5.97 Å². The molecule has 0 radical (unpaired) electrons. The number of carboxylic acid groups (broad SMARTS) is 1. The highest BCUT2D eigenvalue weighted by molar-refractivity contribution is 5.76. The summed E-state index contributed by atoms with van der Waals surface area (Å²) in [5, 5.41) is 11.6. The Labute approximate surface area is 103 Å². The fourth-order valence-electron chi connectivity index (χ4n) is 1.35. The first kappa shape index (κ1) is 14.3. The molecule has 0 aliphatic rings. The number of rotatable bonds is 7. The maximum absolute atomic E-state index is 12.3. The number of alkyl halides is 2. The van der Waals surface area contributed by atoms with Crippen LogP contribution in [-0.2, 0) is 4.79 Å². The second kappa shape index (κ2) is 6.83. The Morgan fingerprint density at radius 2 is 2.06 bits per heavy atom. The minimum absolute atomic E-state index is 0.0444. The number of nitrogens with zero attached hydrogens (tertiary/aromatic N) is 2. The number of aromatic nitrogens is 2. The highest BCUT2D eigenvalue weighted by Gasteiger charge is 2.17. The van der Waals surface area contributed by atoms with Crippen LogP contribution in [0.3, 0.4) is 0 Å². The van der Waals surface area contributed by atoms with Crippen LogP contribution in [0.15, 0.2) is 12.4 Å². The molecule has 100 valence electrons. The van der Waals surface area contributed by atoms with E-state index in [1.165, 1.54) is 0 Å². The van der Waals surface area contributed by atoms with Gasteiger partial charge in [-0.25, -0.2) is 23.5 Å². The molecule has 0 unspecified atom stereocenters. The Kier molecular flexibility index (Phi) is 5.41. The fourth-order valence-corrected chi connectivity index (χ4v) is 1.35. The van der Waals surface area contributed by atoms with E-state index in [2.05, 4.69) is 15.3 Å². The van der Waals surface area contributed by atoms with Crippen LogP contribution in [0.2, 0.25) is 0 Å². The molecule has 7 heteroatoms. The van der Waals surface area contributed by atoms with E-state index in [9.17, 15) is 13.6 Å². The zero-order valence-electron chi connectivity index (χ0n) is 9.94. The monoisotopic (exact) mass is 259 g/mol. The van der Waals surface area contributed by atoms with Gasteiger partial charge in [-0.1, -0.05) is 19.8 Å². The first-order chi connectivity index (χ1) is 8.54. The van der Waals surface area contributed by atoms with Crippen LogP contribution in [-0.4, -0.2) is 27.1 Å². The van der Waals surface area contributed by atoms with E-state index >= 15 is 0 Å². The quantitative estimate of drug-likeness (QED) is 0.786. The van der Waals surface area contributed by atoms with Crippen molar-refractivity contribution in [3.05, 3.63) is 18.0 Å². The molecule has 18 heavy (non-hydrogen) atoms. The molecule has 0 aliphatic carbocycles. The van der Waals surface area contributed by atoms with Gasteiger partial charge in [-0.3, -0.25) is 0 Å². The Morgan fingerprint density at radius 1 is 1.44 bits per heavy atom. The Morgan fingerprint density at radius 3 is 2.50 bits per heavy atom. The molecule has 1 atom stereocenters. The lowest BCUT2D eigenvalue weighted by Crippen LogP contribution is -2.30. The highest BCUT2D eigenvalue weighted by Crippen LogP contribution is 2.17. The molecule has 0 saturated carbocycles. The van der Waals surface area contributed by atoms with Gasteiger partial charge in [0.05, 0.1) is 5.56 Å². The standard InChI is InChI=1S/C11H15F2N3O2/c1-2-3-4-8(10(17)18)16-11-14-5-7(6-15-11)9(12)13/h5-6,8-9H,2-4H2,1H3,(H,17,18)(H,14,15,16)/t8-/m0/s1. The summed E-state index contributed by atoms with van der Waals surface area (Å²) in [7, 11) is 0. The van der Waals surface area contributed by atoms with E-state index in [0.29, 0.717) is 6.42 Å². The summed E-state index contributed by atoms with van der Waals surface area (Å²) in [6.07, 6.45) is 1.40. The van der Waals surface area contributed by atoms with E-state index in [-0.39, 0.29) is 11.5 Å². The van der Waals surface area contributed by atoms with Crippen molar-refractivity contribution < 1.29 is 18.7 Å². The molecule has 0 spiro atoms. The van der Waals surface area contributed by atoms with Gasteiger partial charge < -0.3 is 10.4 Å². The summed E-state index contributed by atoms with van der Waals surface area (Å²) in [5.41, 5.74) is -0.291. The van der Waals surface area contributed by atoms with Crippen molar-refractivity contribution >= 4 is 11.9 Å². The molecular formula is C11H15F2N3O2. The zero-order valence-corrected chi connectivity index (χ0v) is 9.94. The summed E-state index contributed by atoms with van der Waals surface area (Å²) >= 11 is 0. The van der Waals surface area contributed by atoms with E-state index in [1.807, 2.05) is 6.92 Å². The molecule has 5 nitrogen and oxygen atoms in total. The van der Waals surface area contributed by atoms with Crippen molar-refractivity contribution in [3.8, 4) is 0 Å². The second-order valence-corrected chi connectivity index (χ2v) is 3.82. The topological polar surface area (TPSA) is 75.1 Å². The average molecular weight is 259 g/mol. The third-order valence-corrected chi connectivity index (χ3v) is 2.37. The van der Waals surface area contributed by atoms with Crippen LogP contribution in [0.25, 0.3) is 0 Å². The minimum Gasteiger partial charge on any atom is -0.480 e. The first-order valence-electron chi connectivity index (χ1n) is 5.64. The fraction of sp³-hybridized carbons (Fsp3) is 0.545. The summed E-state index contributed by atoms with van der Waals surface area (Å²) in [4.78, 5) is 18.3. The van der Waals surface area contributed by atoms with Gasteiger partial charge in [0.1, 0.15) is 6.04 Å². The van der Waals surface area contributed by atoms with Crippen molar-refractivity contribution in [2.75, 3.05) is 5.32 Å². The largest absolute Gasteiger partial charge is 0.480 e. The van der Waals surface area contributed by atoms with Crippen molar-refractivity contribution in [2.45, 2.75) is 38.7 Å². The molecule has 0 aromatic carbocycles. The molecule has 1 aromatic rings. The molecule has 0 aliphatic heterocycles. The first-order valence-corrected chi connectivity index (χ1v) is 5.64. The van der Waals surface area contributed by atoms with Crippen molar-refractivity contribution in [3.63, 3.8) is 0 Å². The van der Waals surface area contributed by atoms with E-state index in [0.717, 1.165) is 25.2 Å². The third-order valence-electron chi connectivity index (χ3n) is 2.37. The van der Waals surface area contributed by atoms with Gasteiger partial charge in [-0.15, -0.1) is 0 Å². The van der Waals surface area contributed by atoms with Gasteiger partial charge in [-0.2, -0.15) is 0 Å². The SMILES string of the molecule is CCCC[C@H](Nc1ncc(C(F)F)cn1)C(=O)O.